The van der Waals surface area contributed by atoms with Crippen LogP contribution in [0.3, 0.4) is 0 Å². The highest BCUT2D eigenvalue weighted by Crippen LogP contribution is 2.16. The summed E-state index contributed by atoms with van der Waals surface area (Å²) in [4.78, 5) is 14.1. The first-order chi connectivity index (χ1) is 11.3. The topological polar surface area (TPSA) is 64.5 Å². The number of para-hydroxylation sites is 1. The van der Waals surface area contributed by atoms with Gasteiger partial charge in [0.15, 0.2) is 6.61 Å². The number of piperidine rings is 1. The van der Waals surface area contributed by atoms with Crippen molar-refractivity contribution in [2.24, 2.45) is 0 Å². The Morgan fingerprint density at radius 1 is 1.22 bits per heavy atom. The van der Waals surface area contributed by atoms with Crippen molar-refractivity contribution >= 4 is 5.91 Å². The quantitative estimate of drug-likeness (QED) is 0.844. The van der Waals surface area contributed by atoms with Gasteiger partial charge in [0.25, 0.3) is 5.91 Å². The first-order valence-electron chi connectivity index (χ1n) is 7.71. The molecule has 23 heavy (non-hydrogen) atoms. The third-order valence-corrected chi connectivity index (χ3v) is 3.67. The second kappa shape index (κ2) is 7.58. The number of hydrogen-bond acceptors (Lipinski definition) is 5. The molecular formula is C17H19N3O3. The van der Waals surface area contributed by atoms with Crippen LogP contribution in [0.15, 0.2) is 48.7 Å². The molecule has 1 aromatic heterocycles. The first-order valence-corrected chi connectivity index (χ1v) is 7.71. The molecule has 6 nitrogen and oxygen atoms in total. The average molecular weight is 313 g/mol. The summed E-state index contributed by atoms with van der Waals surface area (Å²) in [5.74, 6) is 1.17. The number of hydrogen-bond donors (Lipinski definition) is 0. The monoisotopic (exact) mass is 313 g/mol. The SMILES string of the molecule is O=C(COc1ccccc1)N1CCCC(Oc2cccnn2)C1. The molecule has 2 aromatic rings. The van der Waals surface area contributed by atoms with Gasteiger partial charge in [0, 0.05) is 18.8 Å². The van der Waals surface area contributed by atoms with E-state index in [2.05, 4.69) is 10.2 Å². The average Bonchev–Trinajstić information content (AvgIpc) is 2.62. The molecule has 0 aliphatic carbocycles. The van der Waals surface area contributed by atoms with E-state index < -0.39 is 0 Å². The lowest BCUT2D eigenvalue weighted by atomic mass is 10.1. The number of carbonyl (C=O) groups is 1. The zero-order valence-corrected chi connectivity index (χ0v) is 12.8. The molecule has 0 spiro atoms. The van der Waals surface area contributed by atoms with Gasteiger partial charge in [-0.3, -0.25) is 4.79 Å². The van der Waals surface area contributed by atoms with Crippen LogP contribution in [-0.4, -0.2) is 46.8 Å². The van der Waals surface area contributed by atoms with Gasteiger partial charge in [-0.2, -0.15) is 5.10 Å². The molecule has 1 atom stereocenters. The minimum atomic E-state index is -0.0545. The Kier molecular flexibility index (Phi) is 5.03. The van der Waals surface area contributed by atoms with Gasteiger partial charge in [0.1, 0.15) is 11.9 Å². The van der Waals surface area contributed by atoms with Crippen LogP contribution in [0.25, 0.3) is 0 Å². The van der Waals surface area contributed by atoms with Gasteiger partial charge >= 0.3 is 0 Å². The van der Waals surface area contributed by atoms with E-state index in [0.29, 0.717) is 18.2 Å². The molecule has 3 rings (SSSR count). The van der Waals surface area contributed by atoms with Crippen LogP contribution in [0.1, 0.15) is 12.8 Å². The van der Waals surface area contributed by atoms with E-state index >= 15 is 0 Å². The Morgan fingerprint density at radius 2 is 2.09 bits per heavy atom. The number of nitrogens with zero attached hydrogens (tertiary/aromatic N) is 3. The summed E-state index contributed by atoms with van der Waals surface area (Å²) in [5.41, 5.74) is 0. The number of rotatable bonds is 5. The Hall–Kier alpha value is -2.63. The standard InChI is InChI=1S/C17H19N3O3/c21-17(13-22-14-6-2-1-3-7-14)20-11-5-8-15(12-20)23-16-9-4-10-18-19-16/h1-4,6-7,9-10,15H,5,8,11-13H2. The van der Waals surface area contributed by atoms with Crippen molar-refractivity contribution in [3.8, 4) is 11.6 Å². The summed E-state index contributed by atoms with van der Waals surface area (Å²) in [7, 11) is 0. The molecule has 0 bridgehead atoms. The lowest BCUT2D eigenvalue weighted by Gasteiger charge is -2.32. The van der Waals surface area contributed by atoms with Crippen molar-refractivity contribution in [3.05, 3.63) is 48.7 Å². The fraction of sp³-hybridized carbons (Fsp3) is 0.353. The van der Waals surface area contributed by atoms with E-state index in [9.17, 15) is 4.79 Å². The Bertz CT molecular complexity index is 621. The lowest BCUT2D eigenvalue weighted by Crippen LogP contribution is -2.46. The third-order valence-electron chi connectivity index (χ3n) is 3.67. The van der Waals surface area contributed by atoms with E-state index in [1.165, 1.54) is 0 Å². The highest BCUT2D eigenvalue weighted by atomic mass is 16.5. The summed E-state index contributed by atoms with van der Waals surface area (Å²) in [6.07, 6.45) is 3.35. The summed E-state index contributed by atoms with van der Waals surface area (Å²) in [6, 6.07) is 12.9. The number of benzene rings is 1. The predicted octanol–water partition coefficient (Wildman–Crippen LogP) is 1.93. The smallest absolute Gasteiger partial charge is 0.260 e. The minimum Gasteiger partial charge on any atom is -0.484 e. The molecule has 1 aliphatic heterocycles. The fourth-order valence-electron chi connectivity index (χ4n) is 2.54. The molecule has 1 saturated heterocycles. The van der Waals surface area contributed by atoms with Crippen molar-refractivity contribution < 1.29 is 14.3 Å². The molecule has 6 heteroatoms. The highest BCUT2D eigenvalue weighted by Gasteiger charge is 2.25. The zero-order valence-electron chi connectivity index (χ0n) is 12.8. The molecule has 1 fully saturated rings. The molecular weight excluding hydrogens is 294 g/mol. The molecule has 2 heterocycles. The second-order valence-corrected chi connectivity index (χ2v) is 5.39. The largest absolute Gasteiger partial charge is 0.484 e. The molecule has 0 radical (unpaired) electrons. The van der Waals surface area contributed by atoms with Crippen molar-refractivity contribution in [2.75, 3.05) is 19.7 Å². The maximum Gasteiger partial charge on any atom is 0.260 e. The van der Waals surface area contributed by atoms with E-state index in [4.69, 9.17) is 9.47 Å². The maximum absolute atomic E-state index is 12.3. The van der Waals surface area contributed by atoms with Crippen LogP contribution in [-0.2, 0) is 4.79 Å². The van der Waals surface area contributed by atoms with Crippen molar-refractivity contribution in [3.63, 3.8) is 0 Å². The van der Waals surface area contributed by atoms with Crippen molar-refractivity contribution in [1.82, 2.24) is 15.1 Å². The van der Waals surface area contributed by atoms with Gasteiger partial charge in [0.05, 0.1) is 6.54 Å². The number of carbonyl (C=O) groups excluding carboxylic acids is 1. The van der Waals surface area contributed by atoms with Crippen LogP contribution in [0.4, 0.5) is 0 Å². The third kappa shape index (κ3) is 4.42. The first kappa shape index (κ1) is 15.3. The molecule has 0 saturated carbocycles. The lowest BCUT2D eigenvalue weighted by molar-refractivity contribution is -0.136. The van der Waals surface area contributed by atoms with Gasteiger partial charge in [-0.15, -0.1) is 5.10 Å². The second-order valence-electron chi connectivity index (χ2n) is 5.39. The Labute approximate surface area is 135 Å². The minimum absolute atomic E-state index is 0.0266. The van der Waals surface area contributed by atoms with Gasteiger partial charge in [0.2, 0.25) is 5.88 Å². The van der Waals surface area contributed by atoms with Crippen molar-refractivity contribution in [1.29, 1.82) is 0 Å². The summed E-state index contributed by atoms with van der Waals surface area (Å²) in [5, 5.41) is 7.71. The van der Waals surface area contributed by atoms with E-state index in [-0.39, 0.29) is 18.6 Å². The molecule has 1 aromatic carbocycles. The van der Waals surface area contributed by atoms with Gasteiger partial charge in [-0.1, -0.05) is 18.2 Å². The van der Waals surface area contributed by atoms with Crippen LogP contribution >= 0.6 is 0 Å². The Morgan fingerprint density at radius 3 is 2.87 bits per heavy atom. The number of aromatic nitrogens is 2. The van der Waals surface area contributed by atoms with Gasteiger partial charge in [-0.05, 0) is 31.0 Å². The number of amides is 1. The molecule has 120 valence electrons. The molecule has 1 amide bonds. The maximum atomic E-state index is 12.3. The molecule has 1 aliphatic rings. The van der Waals surface area contributed by atoms with Gasteiger partial charge < -0.3 is 14.4 Å². The normalized spacial score (nSPS) is 17.6. The number of ether oxygens (including phenoxy) is 2. The molecule has 0 N–H and O–H groups in total. The summed E-state index contributed by atoms with van der Waals surface area (Å²) in [6.45, 7) is 1.33. The highest BCUT2D eigenvalue weighted by molar-refractivity contribution is 5.77. The van der Waals surface area contributed by atoms with Crippen LogP contribution < -0.4 is 9.47 Å². The van der Waals surface area contributed by atoms with E-state index in [1.54, 1.807) is 23.2 Å². The molecule has 1 unspecified atom stereocenters. The fourth-order valence-corrected chi connectivity index (χ4v) is 2.54. The summed E-state index contributed by atoms with van der Waals surface area (Å²) < 4.78 is 11.3. The summed E-state index contributed by atoms with van der Waals surface area (Å²) >= 11 is 0. The van der Waals surface area contributed by atoms with E-state index in [1.807, 2.05) is 30.3 Å². The number of likely N-dealkylation sites (tertiary alicyclic amines) is 1. The zero-order chi connectivity index (χ0) is 15.9. The predicted molar refractivity (Wildman–Crippen MR) is 84.2 cm³/mol. The van der Waals surface area contributed by atoms with Crippen LogP contribution in [0.2, 0.25) is 0 Å². The van der Waals surface area contributed by atoms with E-state index in [0.717, 1.165) is 19.4 Å². The van der Waals surface area contributed by atoms with Crippen LogP contribution in [0, 0.1) is 0 Å². The Balaban J connectivity index is 1.50. The van der Waals surface area contributed by atoms with Gasteiger partial charge in [-0.25, -0.2) is 0 Å². The van der Waals surface area contributed by atoms with Crippen LogP contribution in [0.5, 0.6) is 11.6 Å². The van der Waals surface area contributed by atoms with Crippen molar-refractivity contribution in [2.45, 2.75) is 18.9 Å².